The van der Waals surface area contributed by atoms with Crippen molar-refractivity contribution >= 4 is 21.6 Å². The Bertz CT molecular complexity index is 1280. The summed E-state index contributed by atoms with van der Waals surface area (Å²) in [5.41, 5.74) is 3.36. The minimum absolute atomic E-state index is 0.0783. The zero-order valence-corrected chi connectivity index (χ0v) is 19.9. The van der Waals surface area contributed by atoms with Gasteiger partial charge in [-0.1, -0.05) is 42.3 Å². The van der Waals surface area contributed by atoms with Gasteiger partial charge in [-0.25, -0.2) is 8.42 Å². The van der Waals surface area contributed by atoms with Crippen LogP contribution < -0.4 is 4.72 Å². The molecule has 8 nitrogen and oxygen atoms in total. The van der Waals surface area contributed by atoms with E-state index in [1.165, 1.54) is 6.07 Å². The Morgan fingerprint density at radius 1 is 0.970 bits per heavy atom. The van der Waals surface area contributed by atoms with Crippen molar-refractivity contribution in [3.63, 3.8) is 0 Å². The van der Waals surface area contributed by atoms with Crippen LogP contribution in [-0.2, 0) is 10.0 Å². The lowest BCUT2D eigenvalue weighted by atomic mass is 10.1. The van der Waals surface area contributed by atoms with Gasteiger partial charge in [-0.15, -0.1) is 0 Å². The number of nitrogens with zero attached hydrogens (tertiary/aromatic N) is 3. The molecular formula is C24H28N4O4S. The van der Waals surface area contributed by atoms with Crippen LogP contribution in [0.1, 0.15) is 53.1 Å². The minimum atomic E-state index is -3.86. The number of aromatic nitrogens is 2. The van der Waals surface area contributed by atoms with Gasteiger partial charge in [0.1, 0.15) is 0 Å². The Hall–Kier alpha value is -3.20. The molecule has 0 radical (unpaired) electrons. The van der Waals surface area contributed by atoms with Crippen LogP contribution in [0.3, 0.4) is 0 Å². The maximum absolute atomic E-state index is 13.2. The van der Waals surface area contributed by atoms with Crippen LogP contribution >= 0.6 is 0 Å². The molecule has 1 aliphatic rings. The van der Waals surface area contributed by atoms with Gasteiger partial charge in [-0.3, -0.25) is 9.52 Å². The number of rotatable bonds is 5. The van der Waals surface area contributed by atoms with E-state index in [0.717, 1.165) is 36.8 Å². The van der Waals surface area contributed by atoms with E-state index in [1.807, 2.05) is 26.0 Å². The largest absolute Gasteiger partial charge is 0.334 e. The predicted octanol–water partition coefficient (Wildman–Crippen LogP) is 4.48. The molecule has 2 aromatic carbocycles. The van der Waals surface area contributed by atoms with E-state index in [0.29, 0.717) is 29.9 Å². The Morgan fingerprint density at radius 3 is 2.39 bits per heavy atom. The molecule has 1 N–H and O–H groups in total. The number of aryl methyl sites for hydroxylation is 3. The molecular weight excluding hydrogens is 440 g/mol. The van der Waals surface area contributed by atoms with Gasteiger partial charge in [0.15, 0.2) is 0 Å². The van der Waals surface area contributed by atoms with Gasteiger partial charge in [0.05, 0.1) is 10.6 Å². The number of carbonyl (C=O) groups excluding carboxylic acids is 1. The van der Waals surface area contributed by atoms with Gasteiger partial charge in [-0.2, -0.15) is 4.98 Å². The van der Waals surface area contributed by atoms with Gasteiger partial charge in [-0.05, 0) is 62.4 Å². The second-order valence-electron chi connectivity index (χ2n) is 8.53. The highest BCUT2D eigenvalue weighted by atomic mass is 32.2. The summed E-state index contributed by atoms with van der Waals surface area (Å²) in [5.74, 6) is -0.186. The molecule has 1 fully saturated rings. The summed E-state index contributed by atoms with van der Waals surface area (Å²) in [7, 11) is -3.86. The molecule has 1 saturated heterocycles. The average molecular weight is 469 g/mol. The molecule has 1 aliphatic heterocycles. The lowest BCUT2D eigenvalue weighted by Gasteiger charge is -2.17. The SMILES string of the molecule is Cc1ccc(C)c(NS(=O)(=O)c2cc(-c3noc(C(=O)N4CCCCCC4)n3)ccc2C)c1. The van der Waals surface area contributed by atoms with Crippen molar-refractivity contribution in [3.05, 3.63) is 59.0 Å². The molecule has 0 bridgehead atoms. The van der Waals surface area contributed by atoms with Crippen molar-refractivity contribution in [2.24, 2.45) is 0 Å². The zero-order valence-electron chi connectivity index (χ0n) is 19.1. The molecule has 9 heteroatoms. The highest BCUT2D eigenvalue weighted by molar-refractivity contribution is 7.92. The van der Waals surface area contributed by atoms with Crippen LogP contribution in [0.4, 0.5) is 5.69 Å². The first-order valence-corrected chi connectivity index (χ1v) is 12.6. The Labute approximate surface area is 194 Å². The molecule has 3 aromatic rings. The number of benzene rings is 2. The van der Waals surface area contributed by atoms with E-state index >= 15 is 0 Å². The van der Waals surface area contributed by atoms with Crippen molar-refractivity contribution < 1.29 is 17.7 Å². The average Bonchev–Trinajstić information content (AvgIpc) is 3.11. The maximum Gasteiger partial charge on any atom is 0.316 e. The molecule has 2 heterocycles. The molecule has 0 spiro atoms. The third kappa shape index (κ3) is 5.08. The normalized spacial score (nSPS) is 14.7. The van der Waals surface area contributed by atoms with Crippen molar-refractivity contribution in [1.82, 2.24) is 15.0 Å². The van der Waals surface area contributed by atoms with Gasteiger partial charge < -0.3 is 9.42 Å². The number of hydrogen-bond acceptors (Lipinski definition) is 6. The Morgan fingerprint density at radius 2 is 1.67 bits per heavy atom. The lowest BCUT2D eigenvalue weighted by molar-refractivity contribution is 0.0711. The molecule has 174 valence electrons. The van der Waals surface area contributed by atoms with Gasteiger partial charge in [0, 0.05) is 18.7 Å². The van der Waals surface area contributed by atoms with Gasteiger partial charge in [0.2, 0.25) is 5.82 Å². The molecule has 4 rings (SSSR count). The van der Waals surface area contributed by atoms with E-state index in [2.05, 4.69) is 14.9 Å². The van der Waals surface area contributed by atoms with E-state index in [9.17, 15) is 13.2 Å². The summed E-state index contributed by atoms with van der Waals surface area (Å²) in [6, 6.07) is 10.5. The van der Waals surface area contributed by atoms with Gasteiger partial charge in [0.25, 0.3) is 10.0 Å². The summed E-state index contributed by atoms with van der Waals surface area (Å²) >= 11 is 0. The number of anilines is 1. The van der Waals surface area contributed by atoms with Crippen molar-refractivity contribution in [2.45, 2.75) is 51.3 Å². The second-order valence-corrected chi connectivity index (χ2v) is 10.2. The molecule has 0 aliphatic carbocycles. The number of amides is 1. The summed E-state index contributed by atoms with van der Waals surface area (Å²) < 4.78 is 34.3. The van der Waals surface area contributed by atoms with Gasteiger partial charge >= 0.3 is 11.8 Å². The highest BCUT2D eigenvalue weighted by Crippen LogP contribution is 2.27. The smallest absolute Gasteiger partial charge is 0.316 e. The van der Waals surface area contributed by atoms with Crippen molar-refractivity contribution in [1.29, 1.82) is 0 Å². The summed E-state index contributed by atoms with van der Waals surface area (Å²) in [6.07, 6.45) is 4.13. The minimum Gasteiger partial charge on any atom is -0.334 e. The van der Waals surface area contributed by atoms with E-state index in [-0.39, 0.29) is 22.5 Å². The maximum atomic E-state index is 13.2. The zero-order chi connectivity index (χ0) is 23.6. The number of sulfonamides is 1. The fourth-order valence-electron chi connectivity index (χ4n) is 3.91. The first-order valence-electron chi connectivity index (χ1n) is 11.1. The fourth-order valence-corrected chi connectivity index (χ4v) is 5.30. The van der Waals surface area contributed by atoms with Crippen molar-refractivity contribution in [3.8, 4) is 11.4 Å². The van der Waals surface area contributed by atoms with E-state index in [1.54, 1.807) is 30.0 Å². The molecule has 0 saturated carbocycles. The number of nitrogens with one attached hydrogen (secondary N) is 1. The Balaban J connectivity index is 1.61. The molecule has 33 heavy (non-hydrogen) atoms. The third-order valence-electron chi connectivity index (χ3n) is 5.88. The van der Waals surface area contributed by atoms with Crippen LogP contribution in [0.25, 0.3) is 11.4 Å². The molecule has 0 unspecified atom stereocenters. The second kappa shape index (κ2) is 9.35. The standard InChI is InChI=1S/C24H28N4O4S/c1-16-8-9-17(2)20(14-16)27-33(30,31)21-15-19(11-10-18(21)3)22-25-23(32-26-22)24(29)28-12-6-4-5-7-13-28/h8-11,14-15,27H,4-7,12-13H2,1-3H3. The van der Waals surface area contributed by atoms with Crippen LogP contribution in [0.2, 0.25) is 0 Å². The highest BCUT2D eigenvalue weighted by Gasteiger charge is 2.25. The quantitative estimate of drug-likeness (QED) is 0.592. The lowest BCUT2D eigenvalue weighted by Crippen LogP contribution is -2.32. The first kappa shape index (κ1) is 23.0. The Kier molecular flexibility index (Phi) is 6.51. The fraction of sp³-hybridized carbons (Fsp3) is 0.375. The van der Waals surface area contributed by atoms with Crippen molar-refractivity contribution in [2.75, 3.05) is 17.8 Å². The van der Waals surface area contributed by atoms with Crippen LogP contribution in [0.15, 0.2) is 45.8 Å². The third-order valence-corrected chi connectivity index (χ3v) is 7.38. The van der Waals surface area contributed by atoms with E-state index in [4.69, 9.17) is 4.52 Å². The summed E-state index contributed by atoms with van der Waals surface area (Å²) in [5, 5.41) is 3.94. The van der Waals surface area contributed by atoms with Crippen LogP contribution in [-0.4, -0.2) is 42.5 Å². The monoisotopic (exact) mass is 468 g/mol. The number of likely N-dealkylation sites (tertiary alicyclic amines) is 1. The van der Waals surface area contributed by atoms with E-state index < -0.39 is 10.0 Å². The number of hydrogen-bond donors (Lipinski definition) is 1. The van der Waals surface area contributed by atoms with Crippen LogP contribution in [0.5, 0.6) is 0 Å². The first-order chi connectivity index (χ1) is 15.7. The summed E-state index contributed by atoms with van der Waals surface area (Å²) in [4.78, 5) is 18.9. The predicted molar refractivity (Wildman–Crippen MR) is 126 cm³/mol. The van der Waals surface area contributed by atoms with Crippen LogP contribution in [0, 0.1) is 20.8 Å². The summed E-state index contributed by atoms with van der Waals surface area (Å²) in [6.45, 7) is 6.83. The molecule has 0 atom stereocenters. The molecule has 1 aromatic heterocycles. The molecule has 1 amide bonds. The topological polar surface area (TPSA) is 105 Å². The number of carbonyl (C=O) groups is 1.